The van der Waals surface area contributed by atoms with E-state index in [1.54, 1.807) is 0 Å². The first kappa shape index (κ1) is 14.1. The Morgan fingerprint density at radius 3 is 2.30 bits per heavy atom. The lowest BCUT2D eigenvalue weighted by molar-refractivity contribution is 0.340. The van der Waals surface area contributed by atoms with Gasteiger partial charge in [0.2, 0.25) is 0 Å². The molecular formula is C16H20N2O2. The first-order valence-electron chi connectivity index (χ1n) is 6.75. The Hall–Kier alpha value is -2.36. The Morgan fingerprint density at radius 1 is 0.950 bits per heavy atom. The predicted octanol–water partition coefficient (Wildman–Crippen LogP) is 3.81. The van der Waals surface area contributed by atoms with Crippen LogP contribution in [0.1, 0.15) is 13.8 Å². The topological polar surface area (TPSA) is 56.5 Å². The highest BCUT2D eigenvalue weighted by molar-refractivity contribution is 5.77. The maximum atomic E-state index is 6.08. The molecule has 0 saturated carbocycles. The van der Waals surface area contributed by atoms with E-state index in [1.165, 1.54) is 0 Å². The number of hydrogen-bond acceptors (Lipinski definition) is 4. The number of nitrogen functional groups attached to an aromatic ring is 1. The van der Waals surface area contributed by atoms with Gasteiger partial charge in [-0.05, 0) is 50.2 Å². The van der Waals surface area contributed by atoms with Crippen molar-refractivity contribution in [1.82, 2.24) is 0 Å². The summed E-state index contributed by atoms with van der Waals surface area (Å²) in [6, 6.07) is 13.5. The summed E-state index contributed by atoms with van der Waals surface area (Å²) < 4.78 is 10.9. The lowest BCUT2D eigenvalue weighted by Gasteiger charge is -2.13. The molecule has 2 aromatic carbocycles. The molecule has 0 amide bonds. The lowest BCUT2D eigenvalue weighted by Crippen LogP contribution is -2.01. The van der Waals surface area contributed by atoms with Crippen molar-refractivity contribution in [1.29, 1.82) is 0 Å². The second-order valence-electron chi connectivity index (χ2n) is 4.23. The zero-order valence-corrected chi connectivity index (χ0v) is 11.8. The van der Waals surface area contributed by atoms with Crippen LogP contribution in [0, 0.1) is 0 Å². The molecule has 0 fully saturated rings. The molecule has 106 valence electrons. The van der Waals surface area contributed by atoms with Crippen molar-refractivity contribution in [3.8, 4) is 11.5 Å². The molecular weight excluding hydrogens is 252 g/mol. The van der Waals surface area contributed by atoms with Crippen LogP contribution in [0.3, 0.4) is 0 Å². The summed E-state index contributed by atoms with van der Waals surface area (Å²) in [5, 5.41) is 3.28. The average molecular weight is 272 g/mol. The zero-order chi connectivity index (χ0) is 14.4. The summed E-state index contributed by atoms with van der Waals surface area (Å²) in [7, 11) is 0. The Morgan fingerprint density at radius 2 is 1.65 bits per heavy atom. The molecule has 2 aromatic rings. The largest absolute Gasteiger partial charge is 0.494 e. The van der Waals surface area contributed by atoms with E-state index in [9.17, 15) is 0 Å². The first-order valence-corrected chi connectivity index (χ1v) is 6.75. The Labute approximate surface area is 119 Å². The number of hydrogen-bond donors (Lipinski definition) is 2. The van der Waals surface area contributed by atoms with E-state index in [1.807, 2.05) is 56.3 Å². The minimum Gasteiger partial charge on any atom is -0.494 e. The quantitative estimate of drug-likeness (QED) is 0.785. The molecule has 4 nitrogen and oxygen atoms in total. The van der Waals surface area contributed by atoms with Crippen LogP contribution in [0.15, 0.2) is 42.5 Å². The van der Waals surface area contributed by atoms with Crippen molar-refractivity contribution >= 4 is 17.1 Å². The van der Waals surface area contributed by atoms with Gasteiger partial charge in [0.05, 0.1) is 24.6 Å². The molecule has 0 aliphatic carbocycles. The number of benzene rings is 2. The molecule has 0 spiro atoms. The van der Waals surface area contributed by atoms with Crippen molar-refractivity contribution in [3.05, 3.63) is 42.5 Å². The van der Waals surface area contributed by atoms with Crippen LogP contribution in [-0.2, 0) is 0 Å². The van der Waals surface area contributed by atoms with Crippen molar-refractivity contribution < 1.29 is 9.47 Å². The minimum absolute atomic E-state index is 0.594. The Kier molecular flexibility index (Phi) is 4.71. The monoisotopic (exact) mass is 272 g/mol. The van der Waals surface area contributed by atoms with E-state index >= 15 is 0 Å². The highest BCUT2D eigenvalue weighted by Gasteiger charge is 2.05. The summed E-state index contributed by atoms with van der Waals surface area (Å²) in [5.41, 5.74) is 8.48. The van der Waals surface area contributed by atoms with E-state index in [-0.39, 0.29) is 0 Å². The summed E-state index contributed by atoms with van der Waals surface area (Å²) in [6.07, 6.45) is 0. The van der Waals surface area contributed by atoms with Crippen molar-refractivity contribution in [3.63, 3.8) is 0 Å². The van der Waals surface area contributed by atoms with Crippen LogP contribution >= 0.6 is 0 Å². The molecule has 0 atom stereocenters. The second kappa shape index (κ2) is 6.70. The van der Waals surface area contributed by atoms with Crippen molar-refractivity contribution in [2.45, 2.75) is 13.8 Å². The zero-order valence-electron chi connectivity index (χ0n) is 11.8. The number of rotatable bonds is 6. The van der Waals surface area contributed by atoms with Crippen LogP contribution < -0.4 is 20.5 Å². The molecule has 20 heavy (non-hydrogen) atoms. The normalized spacial score (nSPS) is 10.1. The molecule has 0 aliphatic rings. The van der Waals surface area contributed by atoms with Gasteiger partial charge >= 0.3 is 0 Å². The molecule has 2 rings (SSSR count). The molecule has 0 radical (unpaired) electrons. The van der Waals surface area contributed by atoms with E-state index in [2.05, 4.69) is 5.32 Å². The smallest absolute Gasteiger partial charge is 0.144 e. The molecule has 0 saturated heterocycles. The molecule has 3 N–H and O–H groups in total. The fourth-order valence-corrected chi connectivity index (χ4v) is 1.89. The van der Waals surface area contributed by atoms with Gasteiger partial charge in [-0.25, -0.2) is 0 Å². The van der Waals surface area contributed by atoms with Crippen LogP contribution in [-0.4, -0.2) is 13.2 Å². The third-order valence-corrected chi connectivity index (χ3v) is 2.81. The average Bonchev–Trinajstić information content (AvgIpc) is 2.46. The van der Waals surface area contributed by atoms with Gasteiger partial charge in [-0.1, -0.05) is 6.07 Å². The summed E-state index contributed by atoms with van der Waals surface area (Å²) in [5.74, 6) is 1.55. The van der Waals surface area contributed by atoms with Gasteiger partial charge in [0.1, 0.15) is 11.5 Å². The van der Waals surface area contributed by atoms with Gasteiger partial charge in [-0.3, -0.25) is 0 Å². The number of nitrogens with two attached hydrogens (primary N) is 1. The van der Waals surface area contributed by atoms with Gasteiger partial charge in [-0.2, -0.15) is 0 Å². The highest BCUT2D eigenvalue weighted by Crippen LogP contribution is 2.31. The van der Waals surface area contributed by atoms with Gasteiger partial charge in [0, 0.05) is 5.69 Å². The van der Waals surface area contributed by atoms with Crippen LogP contribution in [0.25, 0.3) is 0 Å². The van der Waals surface area contributed by atoms with Gasteiger partial charge in [0.15, 0.2) is 0 Å². The number of nitrogens with one attached hydrogen (secondary N) is 1. The third-order valence-electron chi connectivity index (χ3n) is 2.81. The van der Waals surface area contributed by atoms with E-state index in [4.69, 9.17) is 15.2 Å². The molecule has 4 heteroatoms. The van der Waals surface area contributed by atoms with E-state index in [0.29, 0.717) is 24.7 Å². The van der Waals surface area contributed by atoms with Crippen LogP contribution in [0.2, 0.25) is 0 Å². The number of para-hydroxylation sites is 1. The van der Waals surface area contributed by atoms with Crippen LogP contribution in [0.4, 0.5) is 17.1 Å². The lowest BCUT2D eigenvalue weighted by atomic mass is 10.2. The fraction of sp³-hybridized carbons (Fsp3) is 0.250. The fourth-order valence-electron chi connectivity index (χ4n) is 1.89. The van der Waals surface area contributed by atoms with Crippen molar-refractivity contribution in [2.75, 3.05) is 24.3 Å². The summed E-state index contributed by atoms with van der Waals surface area (Å²) >= 11 is 0. The van der Waals surface area contributed by atoms with Crippen molar-refractivity contribution in [2.24, 2.45) is 0 Å². The molecule has 0 aromatic heterocycles. The number of ether oxygens (including phenoxy) is 2. The SMILES string of the molecule is CCOc1ccc(Nc2cccc(OCC)c2N)cc1. The minimum atomic E-state index is 0.594. The van der Waals surface area contributed by atoms with Gasteiger partial charge in [0.25, 0.3) is 0 Å². The van der Waals surface area contributed by atoms with Crippen LogP contribution in [0.5, 0.6) is 11.5 Å². The van der Waals surface area contributed by atoms with Gasteiger partial charge < -0.3 is 20.5 Å². The second-order valence-corrected chi connectivity index (χ2v) is 4.23. The Bertz CT molecular complexity index is 553. The maximum absolute atomic E-state index is 6.08. The molecule has 0 unspecified atom stereocenters. The predicted molar refractivity (Wildman–Crippen MR) is 82.9 cm³/mol. The maximum Gasteiger partial charge on any atom is 0.144 e. The summed E-state index contributed by atoms with van der Waals surface area (Å²) in [6.45, 7) is 5.16. The highest BCUT2D eigenvalue weighted by atomic mass is 16.5. The van der Waals surface area contributed by atoms with E-state index in [0.717, 1.165) is 17.1 Å². The molecule has 0 heterocycles. The Balaban J connectivity index is 2.15. The van der Waals surface area contributed by atoms with E-state index < -0.39 is 0 Å². The summed E-state index contributed by atoms with van der Waals surface area (Å²) in [4.78, 5) is 0. The first-order chi connectivity index (χ1) is 9.74. The standard InChI is InChI=1S/C16H20N2O2/c1-3-19-13-10-8-12(9-11-13)18-14-6-5-7-15(16(14)17)20-4-2/h5-11,18H,3-4,17H2,1-2H3. The molecule has 0 aliphatic heterocycles. The number of anilines is 3. The third kappa shape index (κ3) is 3.35. The molecule has 0 bridgehead atoms. The van der Waals surface area contributed by atoms with Gasteiger partial charge in [-0.15, -0.1) is 0 Å².